The zero-order valence-corrected chi connectivity index (χ0v) is 19.8. The number of rotatable bonds is 2. The number of carbonyl (C=O) groups excluding carboxylic acids is 2. The van der Waals surface area contributed by atoms with Crippen LogP contribution >= 0.6 is 0 Å². The second-order valence-corrected chi connectivity index (χ2v) is 9.86. The molecule has 0 aromatic heterocycles. The van der Waals surface area contributed by atoms with Gasteiger partial charge in [0.25, 0.3) is 0 Å². The van der Waals surface area contributed by atoms with Crippen molar-refractivity contribution in [1.82, 2.24) is 14.7 Å². The average molecular weight is 454 g/mol. The standard InChI is InChI=1S/C26H32FN3O3/c1-26(2,3)33-25(32)29-15-14-21(17-29)28(4)24(31)30-16-13-18-7-5-6-8-22(18)23(30)19-9-11-20(27)12-10-19/h5-12,21,23H,13-17H2,1-4H3/t21-,23+/m1/s1. The first-order chi connectivity index (χ1) is 15.6. The Balaban J connectivity index is 1.54. The normalized spacial score (nSPS) is 20.4. The predicted octanol–water partition coefficient (Wildman–Crippen LogP) is 4.83. The Hall–Kier alpha value is -3.09. The number of hydrogen-bond acceptors (Lipinski definition) is 3. The first-order valence-electron chi connectivity index (χ1n) is 11.5. The van der Waals surface area contributed by atoms with Crippen molar-refractivity contribution in [2.45, 2.75) is 51.3 Å². The molecule has 0 spiro atoms. The van der Waals surface area contributed by atoms with Crippen LogP contribution in [0, 0.1) is 5.82 Å². The van der Waals surface area contributed by atoms with Gasteiger partial charge in [-0.3, -0.25) is 0 Å². The van der Waals surface area contributed by atoms with Gasteiger partial charge in [0.15, 0.2) is 0 Å². The number of halogens is 1. The summed E-state index contributed by atoms with van der Waals surface area (Å²) in [7, 11) is 1.80. The van der Waals surface area contributed by atoms with Gasteiger partial charge in [0.05, 0.1) is 12.1 Å². The highest BCUT2D eigenvalue weighted by Gasteiger charge is 2.38. The highest BCUT2D eigenvalue weighted by atomic mass is 19.1. The topological polar surface area (TPSA) is 53.1 Å². The van der Waals surface area contributed by atoms with Crippen molar-refractivity contribution in [2.75, 3.05) is 26.7 Å². The summed E-state index contributed by atoms with van der Waals surface area (Å²) >= 11 is 0. The number of amides is 3. The van der Waals surface area contributed by atoms with Crippen molar-refractivity contribution in [2.24, 2.45) is 0 Å². The summed E-state index contributed by atoms with van der Waals surface area (Å²) in [4.78, 5) is 31.4. The van der Waals surface area contributed by atoms with E-state index in [9.17, 15) is 14.0 Å². The zero-order valence-electron chi connectivity index (χ0n) is 19.8. The van der Waals surface area contributed by atoms with Gasteiger partial charge < -0.3 is 19.4 Å². The molecule has 2 aromatic rings. The van der Waals surface area contributed by atoms with Crippen molar-refractivity contribution >= 4 is 12.1 Å². The molecule has 2 aliphatic rings. The number of likely N-dealkylation sites (tertiary alicyclic amines) is 1. The molecule has 1 saturated heterocycles. The average Bonchev–Trinajstić information content (AvgIpc) is 3.27. The van der Waals surface area contributed by atoms with E-state index in [1.807, 2.05) is 43.9 Å². The van der Waals surface area contributed by atoms with Crippen LogP contribution in [0.4, 0.5) is 14.0 Å². The van der Waals surface area contributed by atoms with Crippen molar-refractivity contribution < 1.29 is 18.7 Å². The van der Waals surface area contributed by atoms with Gasteiger partial charge in [-0.05, 0) is 62.4 Å². The number of nitrogens with zero attached hydrogens (tertiary/aromatic N) is 3. The summed E-state index contributed by atoms with van der Waals surface area (Å²) in [6.45, 7) is 7.11. The SMILES string of the molecule is CN(C(=O)N1CCc2ccccc2[C@@H]1c1ccc(F)cc1)[C@@H]1CCN(C(=O)OC(C)(C)C)C1. The van der Waals surface area contributed by atoms with E-state index in [1.54, 1.807) is 29.0 Å². The lowest BCUT2D eigenvalue weighted by Crippen LogP contribution is -2.50. The maximum atomic E-state index is 13.7. The molecule has 4 rings (SSSR count). The minimum atomic E-state index is -0.555. The summed E-state index contributed by atoms with van der Waals surface area (Å²) in [5.74, 6) is -0.300. The second kappa shape index (κ2) is 9.04. The molecular weight excluding hydrogens is 421 g/mol. The maximum absolute atomic E-state index is 13.7. The van der Waals surface area contributed by atoms with E-state index >= 15 is 0 Å². The fraction of sp³-hybridized carbons (Fsp3) is 0.462. The Morgan fingerprint density at radius 1 is 1.06 bits per heavy atom. The van der Waals surface area contributed by atoms with Gasteiger partial charge in [0.1, 0.15) is 11.4 Å². The number of carbonyl (C=O) groups is 2. The summed E-state index contributed by atoms with van der Waals surface area (Å²) in [6.07, 6.45) is 1.12. The molecule has 7 heteroatoms. The van der Waals surface area contributed by atoms with Crippen LogP contribution in [0.2, 0.25) is 0 Å². The number of urea groups is 1. The molecule has 0 N–H and O–H groups in total. The van der Waals surface area contributed by atoms with E-state index in [1.165, 1.54) is 17.7 Å². The monoisotopic (exact) mass is 453 g/mol. The number of fused-ring (bicyclic) bond motifs is 1. The van der Waals surface area contributed by atoms with Crippen LogP contribution in [0.15, 0.2) is 48.5 Å². The number of ether oxygens (including phenoxy) is 1. The smallest absolute Gasteiger partial charge is 0.410 e. The molecule has 176 valence electrons. The molecule has 0 aliphatic carbocycles. The molecule has 2 atom stereocenters. The molecule has 6 nitrogen and oxygen atoms in total. The fourth-order valence-corrected chi connectivity index (χ4v) is 4.69. The molecular formula is C26H32FN3O3. The minimum absolute atomic E-state index is 0.0870. The zero-order chi connectivity index (χ0) is 23.8. The van der Waals surface area contributed by atoms with E-state index in [2.05, 4.69) is 6.07 Å². The minimum Gasteiger partial charge on any atom is -0.444 e. The lowest BCUT2D eigenvalue weighted by molar-refractivity contribution is 0.0282. The van der Waals surface area contributed by atoms with Crippen LogP contribution in [-0.4, -0.2) is 65.1 Å². The Morgan fingerprint density at radius 2 is 1.76 bits per heavy atom. The Bertz CT molecular complexity index is 1020. The Labute approximate surface area is 194 Å². The third kappa shape index (κ3) is 4.97. The first kappa shape index (κ1) is 23.1. The second-order valence-electron chi connectivity index (χ2n) is 9.86. The van der Waals surface area contributed by atoms with Crippen molar-refractivity contribution in [1.29, 1.82) is 0 Å². The Morgan fingerprint density at radius 3 is 2.45 bits per heavy atom. The highest BCUT2D eigenvalue weighted by molar-refractivity contribution is 5.77. The van der Waals surface area contributed by atoms with Gasteiger partial charge in [-0.1, -0.05) is 36.4 Å². The van der Waals surface area contributed by atoms with Crippen LogP contribution in [0.1, 0.15) is 49.9 Å². The largest absolute Gasteiger partial charge is 0.444 e. The fourth-order valence-electron chi connectivity index (χ4n) is 4.69. The lowest BCUT2D eigenvalue weighted by atomic mass is 9.88. The lowest BCUT2D eigenvalue weighted by Gasteiger charge is -2.41. The van der Waals surface area contributed by atoms with E-state index in [0.29, 0.717) is 26.1 Å². The van der Waals surface area contributed by atoms with Gasteiger partial charge >= 0.3 is 12.1 Å². The van der Waals surface area contributed by atoms with E-state index in [4.69, 9.17) is 4.74 Å². The summed E-state index contributed by atoms with van der Waals surface area (Å²) in [6, 6.07) is 14.0. The first-order valence-corrected chi connectivity index (χ1v) is 11.5. The van der Waals surface area contributed by atoms with Crippen LogP contribution in [-0.2, 0) is 11.2 Å². The summed E-state index contributed by atoms with van der Waals surface area (Å²) in [5.41, 5.74) is 2.60. The van der Waals surface area contributed by atoms with Gasteiger partial charge in [0.2, 0.25) is 0 Å². The quantitative estimate of drug-likeness (QED) is 0.654. The van der Waals surface area contributed by atoms with Crippen molar-refractivity contribution in [3.8, 4) is 0 Å². The maximum Gasteiger partial charge on any atom is 0.410 e. The molecule has 0 unspecified atom stereocenters. The molecule has 0 saturated carbocycles. The van der Waals surface area contributed by atoms with Crippen LogP contribution in [0.25, 0.3) is 0 Å². The molecule has 2 aliphatic heterocycles. The van der Waals surface area contributed by atoms with E-state index < -0.39 is 5.60 Å². The van der Waals surface area contributed by atoms with E-state index in [0.717, 1.165) is 17.5 Å². The number of likely N-dealkylation sites (N-methyl/N-ethyl adjacent to an activating group) is 1. The van der Waals surface area contributed by atoms with Crippen LogP contribution < -0.4 is 0 Å². The van der Waals surface area contributed by atoms with Gasteiger partial charge in [0, 0.05) is 26.7 Å². The Kier molecular flexibility index (Phi) is 6.32. The third-order valence-corrected chi connectivity index (χ3v) is 6.38. The molecule has 1 fully saturated rings. The van der Waals surface area contributed by atoms with E-state index in [-0.39, 0.29) is 30.0 Å². The predicted molar refractivity (Wildman–Crippen MR) is 124 cm³/mol. The van der Waals surface area contributed by atoms with Crippen molar-refractivity contribution in [3.05, 3.63) is 71.0 Å². The number of hydrogen-bond donors (Lipinski definition) is 0. The summed E-state index contributed by atoms with van der Waals surface area (Å²) < 4.78 is 19.1. The molecule has 33 heavy (non-hydrogen) atoms. The molecule has 0 bridgehead atoms. The third-order valence-electron chi connectivity index (χ3n) is 6.38. The highest BCUT2D eigenvalue weighted by Crippen LogP contribution is 2.36. The van der Waals surface area contributed by atoms with Crippen LogP contribution in [0.3, 0.4) is 0 Å². The van der Waals surface area contributed by atoms with Crippen molar-refractivity contribution in [3.63, 3.8) is 0 Å². The number of benzene rings is 2. The molecule has 3 amide bonds. The van der Waals surface area contributed by atoms with Crippen LogP contribution in [0.5, 0.6) is 0 Å². The molecule has 0 radical (unpaired) electrons. The van der Waals surface area contributed by atoms with Gasteiger partial charge in [-0.15, -0.1) is 0 Å². The molecule has 2 heterocycles. The molecule has 2 aromatic carbocycles. The van der Waals surface area contributed by atoms with Gasteiger partial charge in [-0.2, -0.15) is 0 Å². The summed E-state index contributed by atoms with van der Waals surface area (Å²) in [5, 5.41) is 0. The van der Waals surface area contributed by atoms with Gasteiger partial charge in [-0.25, -0.2) is 14.0 Å².